The zero-order valence-electron chi connectivity index (χ0n) is 5.83. The summed E-state index contributed by atoms with van der Waals surface area (Å²) in [6.45, 7) is 5.87. The standard InChI is InChI=1S/C7H9NO2/c1-5(2)7-8-3-6(4-9)10-7/h4,6H,1,3H2,2H3. The van der Waals surface area contributed by atoms with Gasteiger partial charge in [0.2, 0.25) is 5.90 Å². The van der Waals surface area contributed by atoms with Gasteiger partial charge in [0.05, 0.1) is 6.54 Å². The number of hydrogen-bond donors (Lipinski definition) is 0. The van der Waals surface area contributed by atoms with Gasteiger partial charge in [0, 0.05) is 5.57 Å². The highest BCUT2D eigenvalue weighted by Crippen LogP contribution is 2.07. The van der Waals surface area contributed by atoms with E-state index in [2.05, 4.69) is 11.6 Å². The van der Waals surface area contributed by atoms with Crippen molar-refractivity contribution in [2.24, 2.45) is 4.99 Å². The Labute approximate surface area is 59.4 Å². The first-order chi connectivity index (χ1) is 4.74. The second-order valence-electron chi connectivity index (χ2n) is 2.22. The predicted octanol–water partition coefficient (Wildman–Crippen LogP) is 0.559. The van der Waals surface area contributed by atoms with Crippen molar-refractivity contribution in [1.82, 2.24) is 0 Å². The van der Waals surface area contributed by atoms with Gasteiger partial charge in [-0.05, 0) is 6.92 Å². The molecule has 0 aliphatic carbocycles. The SMILES string of the molecule is C=C(C)C1=NCC(C=O)O1. The van der Waals surface area contributed by atoms with Crippen molar-refractivity contribution in [3.05, 3.63) is 12.2 Å². The van der Waals surface area contributed by atoms with Crippen LogP contribution in [0.4, 0.5) is 0 Å². The van der Waals surface area contributed by atoms with Gasteiger partial charge >= 0.3 is 0 Å². The molecule has 0 radical (unpaired) electrons. The molecule has 3 heteroatoms. The van der Waals surface area contributed by atoms with Gasteiger partial charge in [-0.1, -0.05) is 6.58 Å². The minimum absolute atomic E-state index is 0.383. The van der Waals surface area contributed by atoms with Crippen molar-refractivity contribution in [3.63, 3.8) is 0 Å². The largest absolute Gasteiger partial charge is 0.465 e. The lowest BCUT2D eigenvalue weighted by Gasteiger charge is -2.02. The van der Waals surface area contributed by atoms with E-state index in [1.54, 1.807) is 6.92 Å². The number of hydrogen-bond acceptors (Lipinski definition) is 3. The van der Waals surface area contributed by atoms with Crippen molar-refractivity contribution in [2.45, 2.75) is 13.0 Å². The molecule has 0 spiro atoms. The van der Waals surface area contributed by atoms with Crippen LogP contribution in [0.15, 0.2) is 17.1 Å². The second kappa shape index (κ2) is 2.64. The van der Waals surface area contributed by atoms with Crippen LogP contribution in [-0.2, 0) is 9.53 Å². The van der Waals surface area contributed by atoms with E-state index in [0.717, 1.165) is 11.9 Å². The highest BCUT2D eigenvalue weighted by molar-refractivity contribution is 5.94. The van der Waals surface area contributed by atoms with Crippen molar-refractivity contribution >= 4 is 12.2 Å². The third-order valence-electron chi connectivity index (χ3n) is 1.19. The zero-order chi connectivity index (χ0) is 7.56. The Kier molecular flexibility index (Phi) is 1.85. The lowest BCUT2D eigenvalue weighted by molar-refractivity contribution is -0.113. The van der Waals surface area contributed by atoms with Gasteiger partial charge in [0.1, 0.15) is 0 Å². The summed E-state index contributed by atoms with van der Waals surface area (Å²) in [6.07, 6.45) is 0.367. The number of rotatable bonds is 2. The van der Waals surface area contributed by atoms with Crippen LogP contribution in [-0.4, -0.2) is 24.8 Å². The molecule has 54 valence electrons. The molecule has 0 bridgehead atoms. The molecule has 3 nitrogen and oxygen atoms in total. The summed E-state index contributed by atoms with van der Waals surface area (Å²) < 4.78 is 5.05. The first kappa shape index (κ1) is 6.99. The molecule has 0 N–H and O–H groups in total. The minimum atomic E-state index is -0.383. The number of aldehydes is 1. The van der Waals surface area contributed by atoms with Crippen LogP contribution in [0.2, 0.25) is 0 Å². The van der Waals surface area contributed by atoms with Crippen molar-refractivity contribution < 1.29 is 9.53 Å². The maximum absolute atomic E-state index is 10.1. The first-order valence-corrected chi connectivity index (χ1v) is 3.06. The molecule has 0 aromatic rings. The fourth-order valence-electron chi connectivity index (χ4n) is 0.697. The van der Waals surface area contributed by atoms with Gasteiger partial charge in [0.15, 0.2) is 12.4 Å². The summed E-state index contributed by atoms with van der Waals surface area (Å²) >= 11 is 0. The molecule has 0 aromatic carbocycles. The molecule has 0 saturated heterocycles. The molecule has 10 heavy (non-hydrogen) atoms. The summed E-state index contributed by atoms with van der Waals surface area (Å²) in [5, 5.41) is 0. The Balaban J connectivity index is 2.54. The molecular weight excluding hydrogens is 130 g/mol. The lowest BCUT2D eigenvalue weighted by atomic mass is 10.3. The number of nitrogens with zero attached hydrogens (tertiary/aromatic N) is 1. The Bertz CT molecular complexity index is 196. The van der Waals surface area contributed by atoms with E-state index in [9.17, 15) is 4.79 Å². The van der Waals surface area contributed by atoms with Gasteiger partial charge in [0.25, 0.3) is 0 Å². The topological polar surface area (TPSA) is 38.7 Å². The van der Waals surface area contributed by atoms with E-state index >= 15 is 0 Å². The average Bonchev–Trinajstić information content (AvgIpc) is 2.34. The summed E-state index contributed by atoms with van der Waals surface area (Å²) in [5.41, 5.74) is 0.768. The number of carbonyl (C=O) groups excluding carboxylic acids is 1. The van der Waals surface area contributed by atoms with Crippen LogP contribution in [0.1, 0.15) is 6.92 Å². The summed E-state index contributed by atoms with van der Waals surface area (Å²) in [7, 11) is 0. The first-order valence-electron chi connectivity index (χ1n) is 3.06. The summed E-state index contributed by atoms with van der Waals surface area (Å²) in [4.78, 5) is 14.1. The average molecular weight is 139 g/mol. The van der Waals surface area contributed by atoms with Crippen LogP contribution in [0.25, 0.3) is 0 Å². The quantitative estimate of drug-likeness (QED) is 0.524. The van der Waals surface area contributed by atoms with Gasteiger partial charge in [-0.25, -0.2) is 4.99 Å². The zero-order valence-corrected chi connectivity index (χ0v) is 5.83. The Morgan fingerprint density at radius 1 is 2.00 bits per heavy atom. The molecule has 1 aliphatic heterocycles. The van der Waals surface area contributed by atoms with E-state index in [-0.39, 0.29) is 6.10 Å². The van der Waals surface area contributed by atoms with E-state index < -0.39 is 0 Å². The second-order valence-corrected chi connectivity index (χ2v) is 2.22. The van der Waals surface area contributed by atoms with Crippen LogP contribution < -0.4 is 0 Å². The van der Waals surface area contributed by atoms with Gasteiger partial charge in [-0.15, -0.1) is 0 Å². The molecule has 0 fully saturated rings. The molecule has 0 aromatic heterocycles. The van der Waals surface area contributed by atoms with Crippen LogP contribution >= 0.6 is 0 Å². The third kappa shape index (κ3) is 1.23. The smallest absolute Gasteiger partial charge is 0.211 e. The molecule has 1 unspecified atom stereocenters. The van der Waals surface area contributed by atoms with Crippen LogP contribution in [0.5, 0.6) is 0 Å². The highest BCUT2D eigenvalue weighted by Gasteiger charge is 2.18. The van der Waals surface area contributed by atoms with E-state index in [1.807, 2.05) is 0 Å². The minimum Gasteiger partial charge on any atom is -0.465 e. The molecular formula is C7H9NO2. The van der Waals surface area contributed by atoms with E-state index in [0.29, 0.717) is 12.4 Å². The number of aliphatic imine (C=N–C) groups is 1. The lowest BCUT2D eigenvalue weighted by Crippen LogP contribution is -2.14. The Morgan fingerprint density at radius 2 is 2.70 bits per heavy atom. The van der Waals surface area contributed by atoms with E-state index in [1.165, 1.54) is 0 Å². The summed E-state index contributed by atoms with van der Waals surface area (Å²) in [6, 6.07) is 0. The number of carbonyl (C=O) groups is 1. The Morgan fingerprint density at radius 3 is 3.00 bits per heavy atom. The fourth-order valence-corrected chi connectivity index (χ4v) is 0.697. The molecule has 1 atom stereocenters. The fraction of sp³-hybridized carbons (Fsp3) is 0.429. The van der Waals surface area contributed by atoms with Crippen molar-refractivity contribution in [2.75, 3.05) is 6.54 Å². The maximum atomic E-state index is 10.1. The van der Waals surface area contributed by atoms with E-state index in [4.69, 9.17) is 4.74 Å². The normalized spacial score (nSPS) is 23.3. The monoisotopic (exact) mass is 139 g/mol. The summed E-state index contributed by atoms with van der Waals surface area (Å²) in [5.74, 6) is 0.511. The predicted molar refractivity (Wildman–Crippen MR) is 38.1 cm³/mol. The van der Waals surface area contributed by atoms with Crippen LogP contribution in [0, 0.1) is 0 Å². The maximum Gasteiger partial charge on any atom is 0.211 e. The van der Waals surface area contributed by atoms with Crippen molar-refractivity contribution in [3.8, 4) is 0 Å². The third-order valence-corrected chi connectivity index (χ3v) is 1.19. The molecule has 1 heterocycles. The highest BCUT2D eigenvalue weighted by atomic mass is 16.5. The molecule has 1 aliphatic rings. The molecule has 1 rings (SSSR count). The van der Waals surface area contributed by atoms with Crippen LogP contribution in [0.3, 0.4) is 0 Å². The van der Waals surface area contributed by atoms with Gasteiger partial charge < -0.3 is 4.74 Å². The van der Waals surface area contributed by atoms with Gasteiger partial charge in [-0.2, -0.15) is 0 Å². The van der Waals surface area contributed by atoms with Crippen molar-refractivity contribution in [1.29, 1.82) is 0 Å². The molecule has 0 amide bonds. The Hall–Kier alpha value is -1.12. The number of ether oxygens (including phenoxy) is 1. The van der Waals surface area contributed by atoms with Gasteiger partial charge in [-0.3, -0.25) is 4.79 Å². The molecule has 0 saturated carbocycles.